The molecule has 0 bridgehead atoms. The number of nitrogens with zero attached hydrogens (tertiary/aromatic N) is 2. The molecule has 3 aliphatic carbocycles. The largest absolute Gasteiger partial charge is 0.466 e. The number of carbonyl (C=O) groups excluding carboxylic acids is 2. The van der Waals surface area contributed by atoms with Crippen LogP contribution in [0.5, 0.6) is 0 Å². The zero-order valence-corrected chi connectivity index (χ0v) is 22.9. The van der Waals surface area contributed by atoms with Crippen molar-refractivity contribution in [3.05, 3.63) is 42.7 Å². The number of hydrogen-bond acceptors (Lipinski definition) is 5. The van der Waals surface area contributed by atoms with Gasteiger partial charge in [-0.1, -0.05) is 38.1 Å². The van der Waals surface area contributed by atoms with E-state index in [0.717, 1.165) is 50.6 Å². The van der Waals surface area contributed by atoms with E-state index >= 15 is 0 Å². The Hall–Kier alpha value is -2.63. The molecule has 0 aliphatic heterocycles. The summed E-state index contributed by atoms with van der Waals surface area (Å²) in [6.07, 6.45) is 9.05. The van der Waals surface area contributed by atoms with E-state index in [0.29, 0.717) is 24.4 Å². The highest BCUT2D eigenvalue weighted by atomic mass is 16.5. The fourth-order valence-corrected chi connectivity index (χ4v) is 8.34. The highest BCUT2D eigenvalue weighted by Gasteiger charge is 2.57. The molecular weight excluding hydrogens is 464 g/mol. The van der Waals surface area contributed by atoms with Gasteiger partial charge in [0.1, 0.15) is 6.10 Å². The number of benzene rings is 1. The topological polar surface area (TPSA) is 70.4 Å². The Morgan fingerprint density at radius 1 is 1.08 bits per heavy atom. The maximum Gasteiger partial charge on any atom is 0.302 e. The summed E-state index contributed by atoms with van der Waals surface area (Å²) < 4.78 is 13.7. The van der Waals surface area contributed by atoms with E-state index in [1.165, 1.54) is 31.4 Å². The van der Waals surface area contributed by atoms with E-state index in [1.54, 1.807) is 0 Å². The molecule has 6 heteroatoms. The lowest BCUT2D eigenvalue weighted by Crippen LogP contribution is -2.52. The van der Waals surface area contributed by atoms with Crippen LogP contribution in [0.3, 0.4) is 0 Å². The Kier molecular flexibility index (Phi) is 6.97. The maximum absolute atomic E-state index is 11.8. The van der Waals surface area contributed by atoms with Gasteiger partial charge in [-0.15, -0.1) is 0 Å². The van der Waals surface area contributed by atoms with Crippen LogP contribution in [0.2, 0.25) is 0 Å². The highest BCUT2D eigenvalue weighted by Crippen LogP contribution is 2.64. The van der Waals surface area contributed by atoms with Crippen molar-refractivity contribution in [1.82, 2.24) is 9.55 Å². The zero-order chi connectivity index (χ0) is 26.4. The zero-order valence-electron chi connectivity index (χ0n) is 22.9. The van der Waals surface area contributed by atoms with Gasteiger partial charge in [-0.25, -0.2) is 4.98 Å². The van der Waals surface area contributed by atoms with E-state index in [-0.39, 0.29) is 34.8 Å². The molecule has 0 radical (unpaired) electrons. The summed E-state index contributed by atoms with van der Waals surface area (Å²) in [7, 11) is 0. The van der Waals surface area contributed by atoms with Crippen LogP contribution in [-0.2, 0) is 25.6 Å². The Balaban J connectivity index is 1.50. The smallest absolute Gasteiger partial charge is 0.302 e. The third kappa shape index (κ3) is 4.72. The normalized spacial score (nSPS) is 35.8. The lowest BCUT2D eigenvalue weighted by atomic mass is 9.49. The molecule has 2 aromatic rings. The van der Waals surface area contributed by atoms with Gasteiger partial charge in [0, 0.05) is 26.3 Å². The van der Waals surface area contributed by atoms with Crippen molar-refractivity contribution in [3.8, 4) is 0 Å². The van der Waals surface area contributed by atoms with Crippen molar-refractivity contribution < 1.29 is 19.1 Å². The standard InChI is InChI=1S/C31H42N2O4/c1-20-10-11-26-25(17-33-19-32-28-8-6-7-9-29(28)33)27(13-15-30(20,26)4)31(5)14-12-24(37-22(3)35)16-23(31)18-36-21(2)34/h6-9,19,23-27H,1,10-18H2,2-5H3. The minimum Gasteiger partial charge on any atom is -0.466 e. The fourth-order valence-electron chi connectivity index (χ4n) is 8.34. The number of esters is 2. The Labute approximate surface area is 220 Å². The Bertz CT molecular complexity index is 1190. The molecule has 3 saturated carbocycles. The van der Waals surface area contributed by atoms with Gasteiger partial charge in [0.25, 0.3) is 0 Å². The van der Waals surface area contributed by atoms with Gasteiger partial charge in [-0.2, -0.15) is 0 Å². The molecule has 0 amide bonds. The third-order valence-corrected chi connectivity index (χ3v) is 10.5. The van der Waals surface area contributed by atoms with E-state index in [4.69, 9.17) is 14.5 Å². The lowest BCUT2D eigenvalue weighted by molar-refractivity contribution is -0.161. The van der Waals surface area contributed by atoms with E-state index < -0.39 is 0 Å². The van der Waals surface area contributed by atoms with Gasteiger partial charge in [-0.05, 0) is 85.7 Å². The predicted molar refractivity (Wildman–Crippen MR) is 144 cm³/mol. The van der Waals surface area contributed by atoms with E-state index in [1.807, 2.05) is 12.4 Å². The summed E-state index contributed by atoms with van der Waals surface area (Å²) in [6, 6.07) is 8.39. The van der Waals surface area contributed by atoms with Crippen LogP contribution in [0.15, 0.2) is 42.7 Å². The molecule has 0 spiro atoms. The molecule has 1 heterocycles. The maximum atomic E-state index is 11.8. The van der Waals surface area contributed by atoms with Crippen LogP contribution >= 0.6 is 0 Å². The summed E-state index contributed by atoms with van der Waals surface area (Å²) in [4.78, 5) is 28.3. The second kappa shape index (κ2) is 9.92. The molecule has 5 rings (SSSR count). The van der Waals surface area contributed by atoms with E-state index in [2.05, 4.69) is 43.2 Å². The molecule has 37 heavy (non-hydrogen) atoms. The third-order valence-electron chi connectivity index (χ3n) is 10.5. The minimum atomic E-state index is -0.248. The van der Waals surface area contributed by atoms with E-state index in [9.17, 15) is 9.59 Å². The average Bonchev–Trinajstić information content (AvgIpc) is 3.40. The minimum absolute atomic E-state index is 0.0155. The molecule has 7 unspecified atom stereocenters. The van der Waals surface area contributed by atoms with Gasteiger partial charge < -0.3 is 14.0 Å². The molecule has 1 aromatic heterocycles. The molecule has 7 atom stereocenters. The summed E-state index contributed by atoms with van der Waals surface area (Å²) in [5, 5.41) is 0. The van der Waals surface area contributed by atoms with Crippen molar-refractivity contribution in [1.29, 1.82) is 0 Å². The number of para-hydroxylation sites is 2. The number of carbonyl (C=O) groups is 2. The van der Waals surface area contributed by atoms with Crippen molar-refractivity contribution in [2.45, 2.75) is 85.3 Å². The van der Waals surface area contributed by atoms with Crippen LogP contribution in [0.25, 0.3) is 11.0 Å². The first kappa shape index (κ1) is 26.0. The lowest BCUT2D eigenvalue weighted by Gasteiger charge is -2.57. The molecule has 200 valence electrons. The molecule has 3 aliphatic rings. The first-order chi connectivity index (χ1) is 17.6. The number of ether oxygens (including phenoxy) is 2. The first-order valence-corrected chi connectivity index (χ1v) is 14.0. The Morgan fingerprint density at radius 3 is 2.62 bits per heavy atom. The second-order valence-corrected chi connectivity index (χ2v) is 12.4. The van der Waals surface area contributed by atoms with Crippen LogP contribution in [0.4, 0.5) is 0 Å². The fraction of sp³-hybridized carbons (Fsp3) is 0.645. The summed E-state index contributed by atoms with van der Waals surface area (Å²) >= 11 is 0. The van der Waals surface area contributed by atoms with Gasteiger partial charge in [0.05, 0.1) is 24.0 Å². The van der Waals surface area contributed by atoms with Gasteiger partial charge in [0.2, 0.25) is 0 Å². The average molecular weight is 507 g/mol. The number of aromatic nitrogens is 2. The number of allylic oxidation sites excluding steroid dienone is 1. The van der Waals surface area contributed by atoms with Crippen LogP contribution in [0.1, 0.15) is 72.6 Å². The molecule has 3 fully saturated rings. The molecule has 0 N–H and O–H groups in total. The SMILES string of the molecule is C=C1CCC2C(Cn3cnc4ccccc43)C(C3(C)CCC(OC(C)=O)CC3COC(C)=O)CCC12C. The monoisotopic (exact) mass is 506 g/mol. The number of rotatable bonds is 6. The summed E-state index contributed by atoms with van der Waals surface area (Å²) in [6.45, 7) is 13.7. The molecule has 0 saturated heterocycles. The Morgan fingerprint density at radius 2 is 1.86 bits per heavy atom. The van der Waals surface area contributed by atoms with Crippen molar-refractivity contribution in [2.24, 2.45) is 34.5 Å². The van der Waals surface area contributed by atoms with Gasteiger partial charge in [-0.3, -0.25) is 9.59 Å². The predicted octanol–water partition coefficient (Wildman–Crippen LogP) is 6.34. The van der Waals surface area contributed by atoms with Crippen LogP contribution in [-0.4, -0.2) is 34.2 Å². The van der Waals surface area contributed by atoms with Crippen molar-refractivity contribution >= 4 is 23.0 Å². The molecule has 6 nitrogen and oxygen atoms in total. The van der Waals surface area contributed by atoms with Gasteiger partial charge >= 0.3 is 11.9 Å². The van der Waals surface area contributed by atoms with Gasteiger partial charge in [0.15, 0.2) is 0 Å². The first-order valence-electron chi connectivity index (χ1n) is 14.0. The highest BCUT2D eigenvalue weighted by molar-refractivity contribution is 5.74. The van der Waals surface area contributed by atoms with Crippen molar-refractivity contribution in [2.75, 3.05) is 6.61 Å². The number of fused-ring (bicyclic) bond motifs is 2. The number of imidazole rings is 1. The van der Waals surface area contributed by atoms with Crippen molar-refractivity contribution in [3.63, 3.8) is 0 Å². The summed E-state index contributed by atoms with van der Waals surface area (Å²) in [5.41, 5.74) is 3.79. The molecule has 1 aromatic carbocycles. The second-order valence-electron chi connectivity index (χ2n) is 12.4. The van der Waals surface area contributed by atoms with Crippen LogP contribution < -0.4 is 0 Å². The number of hydrogen-bond donors (Lipinski definition) is 0. The quantitative estimate of drug-likeness (QED) is 0.338. The molecular formula is C31H42N2O4. The summed E-state index contributed by atoms with van der Waals surface area (Å²) in [5.74, 6) is 1.17. The van der Waals surface area contributed by atoms with Crippen LogP contribution in [0, 0.1) is 34.5 Å².